The number of rotatable bonds is 4. The van der Waals surface area contributed by atoms with Gasteiger partial charge in [0, 0.05) is 18.1 Å². The first kappa shape index (κ1) is 14.1. The van der Waals surface area contributed by atoms with E-state index in [1.165, 1.54) is 0 Å². The van der Waals surface area contributed by atoms with Crippen LogP contribution in [0.5, 0.6) is 5.75 Å². The van der Waals surface area contributed by atoms with Crippen LogP contribution in [0, 0.1) is 0 Å². The molecule has 0 aliphatic rings. The zero-order chi connectivity index (χ0) is 14.5. The number of ether oxygens (including phenoxy) is 1. The lowest BCUT2D eigenvalue weighted by Gasteiger charge is -2.14. The van der Waals surface area contributed by atoms with Crippen LogP contribution in [0.25, 0.3) is 0 Å². The molecular weight excluding hydrogens is 252 g/mol. The maximum Gasteiger partial charge on any atom is 0.257 e. The van der Waals surface area contributed by atoms with E-state index in [9.17, 15) is 4.79 Å². The SMILES string of the molecule is COc1ccc(NC(=O)c2cccnc2)cc1C(C)C. The van der Waals surface area contributed by atoms with Crippen LogP contribution in [0.3, 0.4) is 0 Å². The Morgan fingerprint density at radius 3 is 2.70 bits per heavy atom. The number of pyridine rings is 1. The molecule has 0 spiro atoms. The maximum atomic E-state index is 12.1. The molecule has 0 fully saturated rings. The molecule has 1 aromatic carbocycles. The van der Waals surface area contributed by atoms with Crippen molar-refractivity contribution in [2.24, 2.45) is 0 Å². The third-order valence-corrected chi connectivity index (χ3v) is 3.03. The zero-order valence-electron chi connectivity index (χ0n) is 11.9. The van der Waals surface area contributed by atoms with E-state index in [1.807, 2.05) is 18.2 Å². The van der Waals surface area contributed by atoms with Gasteiger partial charge in [-0.3, -0.25) is 9.78 Å². The minimum Gasteiger partial charge on any atom is -0.496 e. The molecular formula is C16H18N2O2. The molecule has 0 unspecified atom stereocenters. The molecule has 104 valence electrons. The van der Waals surface area contributed by atoms with Crippen LogP contribution in [-0.2, 0) is 0 Å². The Morgan fingerprint density at radius 2 is 2.10 bits per heavy atom. The van der Waals surface area contributed by atoms with Crippen molar-refractivity contribution < 1.29 is 9.53 Å². The first-order valence-corrected chi connectivity index (χ1v) is 6.51. The minimum absolute atomic E-state index is 0.169. The van der Waals surface area contributed by atoms with E-state index in [2.05, 4.69) is 24.1 Å². The fourth-order valence-electron chi connectivity index (χ4n) is 1.96. The number of aromatic nitrogens is 1. The lowest BCUT2D eigenvalue weighted by atomic mass is 10.0. The van der Waals surface area contributed by atoms with Gasteiger partial charge < -0.3 is 10.1 Å². The first-order chi connectivity index (χ1) is 9.61. The van der Waals surface area contributed by atoms with Crippen LogP contribution in [0.4, 0.5) is 5.69 Å². The van der Waals surface area contributed by atoms with E-state index < -0.39 is 0 Å². The smallest absolute Gasteiger partial charge is 0.257 e. The van der Waals surface area contributed by atoms with Gasteiger partial charge in [0.05, 0.1) is 12.7 Å². The Hall–Kier alpha value is -2.36. The highest BCUT2D eigenvalue weighted by Gasteiger charge is 2.11. The number of carbonyl (C=O) groups excluding carboxylic acids is 1. The number of methoxy groups -OCH3 is 1. The van der Waals surface area contributed by atoms with E-state index in [4.69, 9.17) is 4.74 Å². The van der Waals surface area contributed by atoms with Gasteiger partial charge in [0.1, 0.15) is 5.75 Å². The van der Waals surface area contributed by atoms with Crippen molar-refractivity contribution >= 4 is 11.6 Å². The van der Waals surface area contributed by atoms with Crippen molar-refractivity contribution in [2.45, 2.75) is 19.8 Å². The van der Waals surface area contributed by atoms with Gasteiger partial charge in [0.15, 0.2) is 0 Å². The summed E-state index contributed by atoms with van der Waals surface area (Å²) in [4.78, 5) is 16.0. The molecule has 1 N–H and O–H groups in total. The summed E-state index contributed by atoms with van der Waals surface area (Å²) >= 11 is 0. The third-order valence-electron chi connectivity index (χ3n) is 3.03. The normalized spacial score (nSPS) is 10.4. The lowest BCUT2D eigenvalue weighted by molar-refractivity contribution is 0.102. The highest BCUT2D eigenvalue weighted by atomic mass is 16.5. The van der Waals surface area contributed by atoms with Crippen molar-refractivity contribution in [1.29, 1.82) is 0 Å². The molecule has 1 amide bonds. The largest absolute Gasteiger partial charge is 0.496 e. The van der Waals surface area contributed by atoms with Crippen LogP contribution >= 0.6 is 0 Å². The Bertz CT molecular complexity index is 595. The second-order valence-corrected chi connectivity index (χ2v) is 4.81. The van der Waals surface area contributed by atoms with Gasteiger partial charge in [0.2, 0.25) is 0 Å². The summed E-state index contributed by atoms with van der Waals surface area (Å²) in [6.07, 6.45) is 3.18. The fourth-order valence-corrected chi connectivity index (χ4v) is 1.96. The van der Waals surface area contributed by atoms with Crippen LogP contribution in [0.2, 0.25) is 0 Å². The Balaban J connectivity index is 2.22. The van der Waals surface area contributed by atoms with E-state index in [1.54, 1.807) is 31.6 Å². The quantitative estimate of drug-likeness (QED) is 0.925. The van der Waals surface area contributed by atoms with Crippen molar-refractivity contribution in [3.05, 3.63) is 53.9 Å². The number of nitrogens with zero attached hydrogens (tertiary/aromatic N) is 1. The number of benzene rings is 1. The topological polar surface area (TPSA) is 51.2 Å². The van der Waals surface area contributed by atoms with E-state index in [-0.39, 0.29) is 5.91 Å². The van der Waals surface area contributed by atoms with Gasteiger partial charge >= 0.3 is 0 Å². The molecule has 1 heterocycles. The Kier molecular flexibility index (Phi) is 4.35. The number of anilines is 1. The summed E-state index contributed by atoms with van der Waals surface area (Å²) in [6.45, 7) is 4.18. The molecule has 1 aromatic heterocycles. The molecule has 0 bridgehead atoms. The summed E-state index contributed by atoms with van der Waals surface area (Å²) in [7, 11) is 1.65. The van der Waals surface area contributed by atoms with Gasteiger partial charge in [0.25, 0.3) is 5.91 Å². The van der Waals surface area contributed by atoms with Crippen LogP contribution in [-0.4, -0.2) is 18.0 Å². The fraction of sp³-hybridized carbons (Fsp3) is 0.250. The Morgan fingerprint density at radius 1 is 1.30 bits per heavy atom. The van der Waals surface area contributed by atoms with Crippen LogP contribution in [0.15, 0.2) is 42.7 Å². The molecule has 0 aliphatic heterocycles. The van der Waals surface area contributed by atoms with Gasteiger partial charge in [-0.25, -0.2) is 0 Å². The van der Waals surface area contributed by atoms with Crippen LogP contribution in [0.1, 0.15) is 35.7 Å². The first-order valence-electron chi connectivity index (χ1n) is 6.51. The number of carbonyl (C=O) groups is 1. The predicted octanol–water partition coefficient (Wildman–Crippen LogP) is 3.47. The molecule has 0 saturated heterocycles. The molecule has 2 aromatic rings. The number of nitrogens with one attached hydrogen (secondary N) is 1. The molecule has 0 aliphatic carbocycles. The Labute approximate surface area is 118 Å². The maximum absolute atomic E-state index is 12.1. The summed E-state index contributed by atoms with van der Waals surface area (Å²) in [5, 5.41) is 2.87. The van der Waals surface area contributed by atoms with E-state index >= 15 is 0 Å². The molecule has 0 radical (unpaired) electrons. The summed E-state index contributed by atoms with van der Waals surface area (Å²) in [5.41, 5.74) is 2.36. The molecule has 2 rings (SSSR count). The zero-order valence-corrected chi connectivity index (χ0v) is 11.9. The van der Waals surface area contributed by atoms with Gasteiger partial charge in [-0.15, -0.1) is 0 Å². The monoisotopic (exact) mass is 270 g/mol. The van der Waals surface area contributed by atoms with Crippen molar-refractivity contribution in [3.63, 3.8) is 0 Å². The summed E-state index contributed by atoms with van der Waals surface area (Å²) in [5.74, 6) is 0.984. The number of hydrogen-bond donors (Lipinski definition) is 1. The average Bonchev–Trinajstić information content (AvgIpc) is 2.48. The summed E-state index contributed by atoms with van der Waals surface area (Å²) in [6, 6.07) is 9.11. The average molecular weight is 270 g/mol. The molecule has 0 saturated carbocycles. The highest BCUT2D eigenvalue weighted by molar-refractivity contribution is 6.04. The predicted molar refractivity (Wildman–Crippen MR) is 79.3 cm³/mol. The molecule has 20 heavy (non-hydrogen) atoms. The minimum atomic E-state index is -0.169. The van der Waals surface area contributed by atoms with Crippen molar-refractivity contribution in [3.8, 4) is 5.75 Å². The van der Waals surface area contributed by atoms with E-state index in [0.29, 0.717) is 11.5 Å². The van der Waals surface area contributed by atoms with Gasteiger partial charge in [-0.05, 0) is 41.8 Å². The second-order valence-electron chi connectivity index (χ2n) is 4.81. The van der Waals surface area contributed by atoms with Crippen LogP contribution < -0.4 is 10.1 Å². The van der Waals surface area contributed by atoms with Gasteiger partial charge in [-0.1, -0.05) is 13.8 Å². The standard InChI is InChI=1S/C16H18N2O2/c1-11(2)14-9-13(6-7-15(14)20-3)18-16(19)12-5-4-8-17-10-12/h4-11H,1-3H3,(H,18,19). The molecule has 0 atom stereocenters. The summed E-state index contributed by atoms with van der Waals surface area (Å²) < 4.78 is 5.33. The van der Waals surface area contributed by atoms with Crippen molar-refractivity contribution in [2.75, 3.05) is 12.4 Å². The third kappa shape index (κ3) is 3.15. The second kappa shape index (κ2) is 6.19. The number of hydrogen-bond acceptors (Lipinski definition) is 3. The van der Waals surface area contributed by atoms with E-state index in [0.717, 1.165) is 17.0 Å². The molecule has 4 heteroatoms. The van der Waals surface area contributed by atoms with Crippen molar-refractivity contribution in [1.82, 2.24) is 4.98 Å². The molecule has 4 nitrogen and oxygen atoms in total. The van der Waals surface area contributed by atoms with Gasteiger partial charge in [-0.2, -0.15) is 0 Å². The lowest BCUT2D eigenvalue weighted by Crippen LogP contribution is -2.12. The highest BCUT2D eigenvalue weighted by Crippen LogP contribution is 2.29. The number of amides is 1.